The van der Waals surface area contributed by atoms with E-state index in [4.69, 9.17) is 9.47 Å². The fraction of sp³-hybridized carbons (Fsp3) is 0.292. The molecule has 0 aliphatic carbocycles. The first kappa shape index (κ1) is 23.0. The maximum Gasteiger partial charge on any atom is 0.246 e. The predicted octanol–water partition coefficient (Wildman–Crippen LogP) is 3.08. The summed E-state index contributed by atoms with van der Waals surface area (Å²) >= 11 is 0. The maximum absolute atomic E-state index is 13.2. The number of nitrogens with zero attached hydrogens (tertiary/aromatic N) is 2. The molecule has 0 radical (unpaired) electrons. The second kappa shape index (κ2) is 10.2. The van der Waals surface area contributed by atoms with Crippen LogP contribution >= 0.6 is 0 Å². The number of sulfonamides is 1. The second-order valence-corrected chi connectivity index (χ2v) is 9.50. The van der Waals surface area contributed by atoms with Gasteiger partial charge in [0.05, 0.1) is 26.2 Å². The minimum atomic E-state index is -3.78. The lowest BCUT2D eigenvalue weighted by Crippen LogP contribution is -2.40. The molecule has 1 aliphatic rings. The average molecular weight is 470 g/mol. The van der Waals surface area contributed by atoms with E-state index in [-0.39, 0.29) is 36.1 Å². The van der Waals surface area contributed by atoms with E-state index >= 15 is 0 Å². The van der Waals surface area contributed by atoms with Crippen LogP contribution in [-0.4, -0.2) is 56.1 Å². The molecule has 4 rings (SSSR count). The molecule has 33 heavy (non-hydrogen) atoms. The second-order valence-electron chi connectivity index (χ2n) is 7.59. The Morgan fingerprint density at radius 1 is 1.06 bits per heavy atom. The highest BCUT2D eigenvalue weighted by atomic mass is 32.2. The summed E-state index contributed by atoms with van der Waals surface area (Å²) in [6, 6.07) is 16.3. The van der Waals surface area contributed by atoms with Crippen molar-refractivity contribution in [2.75, 3.05) is 38.2 Å². The third-order valence-electron chi connectivity index (χ3n) is 5.32. The molecule has 0 spiro atoms. The normalized spacial score (nSPS) is 14.7. The molecule has 174 valence electrons. The van der Waals surface area contributed by atoms with Crippen molar-refractivity contribution in [3.63, 3.8) is 0 Å². The molecule has 1 fully saturated rings. The van der Waals surface area contributed by atoms with E-state index in [1.165, 1.54) is 10.4 Å². The molecule has 0 bridgehead atoms. The van der Waals surface area contributed by atoms with Crippen LogP contribution in [0.3, 0.4) is 0 Å². The number of hydrogen-bond acceptors (Lipinski definition) is 5. The van der Waals surface area contributed by atoms with E-state index in [1.807, 2.05) is 53.4 Å². The van der Waals surface area contributed by atoms with Gasteiger partial charge in [-0.15, -0.1) is 0 Å². The highest BCUT2D eigenvalue weighted by molar-refractivity contribution is 7.89. The fourth-order valence-electron chi connectivity index (χ4n) is 3.67. The number of hydrogen-bond donors (Lipinski definition) is 1. The van der Waals surface area contributed by atoms with Gasteiger partial charge in [0.1, 0.15) is 10.6 Å². The molecule has 8 nitrogen and oxygen atoms in total. The molecule has 1 saturated heterocycles. The van der Waals surface area contributed by atoms with Crippen LogP contribution in [0, 0.1) is 0 Å². The van der Waals surface area contributed by atoms with Gasteiger partial charge in [-0.25, -0.2) is 8.42 Å². The number of rotatable bonds is 8. The molecule has 0 atom stereocenters. The lowest BCUT2D eigenvalue weighted by molar-refractivity contribution is -0.115. The van der Waals surface area contributed by atoms with Crippen molar-refractivity contribution < 1.29 is 22.7 Å². The molecule has 1 amide bonds. The predicted molar refractivity (Wildman–Crippen MR) is 125 cm³/mol. The number of benzene rings is 2. The molecule has 2 aromatic carbocycles. The zero-order valence-corrected chi connectivity index (χ0v) is 19.3. The molecule has 2 heterocycles. The van der Waals surface area contributed by atoms with Crippen LogP contribution in [-0.2, 0) is 26.0 Å². The van der Waals surface area contributed by atoms with Crippen LogP contribution in [0.2, 0.25) is 0 Å². The Kier molecular flexibility index (Phi) is 7.12. The van der Waals surface area contributed by atoms with Gasteiger partial charge in [-0.3, -0.25) is 4.79 Å². The number of nitrogens with one attached hydrogen (secondary N) is 1. The van der Waals surface area contributed by atoms with Crippen molar-refractivity contribution in [1.82, 2.24) is 8.87 Å². The molecule has 0 unspecified atom stereocenters. The highest BCUT2D eigenvalue weighted by Crippen LogP contribution is 2.30. The Balaban J connectivity index is 1.49. The monoisotopic (exact) mass is 469 g/mol. The minimum Gasteiger partial charge on any atom is -0.492 e. The third kappa shape index (κ3) is 5.44. The van der Waals surface area contributed by atoms with Gasteiger partial charge in [0.15, 0.2) is 0 Å². The van der Waals surface area contributed by atoms with Gasteiger partial charge in [-0.2, -0.15) is 4.31 Å². The lowest BCUT2D eigenvalue weighted by Gasteiger charge is -2.27. The Morgan fingerprint density at radius 3 is 2.42 bits per heavy atom. The molecule has 1 aliphatic heterocycles. The number of aromatic nitrogens is 1. The lowest BCUT2D eigenvalue weighted by atomic mass is 10.1. The Hall–Kier alpha value is -3.14. The van der Waals surface area contributed by atoms with E-state index in [0.717, 1.165) is 11.3 Å². The van der Waals surface area contributed by atoms with Crippen LogP contribution < -0.4 is 10.1 Å². The molecule has 9 heteroatoms. The quantitative estimate of drug-likeness (QED) is 0.548. The zero-order chi connectivity index (χ0) is 23.3. The van der Waals surface area contributed by atoms with Crippen LogP contribution in [0.4, 0.5) is 5.69 Å². The average Bonchev–Trinajstić information content (AvgIpc) is 3.36. The minimum absolute atomic E-state index is 0.0418. The number of carbonyl (C=O) groups is 1. The van der Waals surface area contributed by atoms with Crippen LogP contribution in [0.25, 0.3) is 5.69 Å². The molecule has 0 saturated carbocycles. The zero-order valence-electron chi connectivity index (χ0n) is 18.4. The fourth-order valence-corrected chi connectivity index (χ4v) is 5.24. The first-order valence-electron chi connectivity index (χ1n) is 10.8. The van der Waals surface area contributed by atoms with E-state index in [9.17, 15) is 13.2 Å². The van der Waals surface area contributed by atoms with Crippen molar-refractivity contribution in [1.29, 1.82) is 0 Å². The van der Waals surface area contributed by atoms with Gasteiger partial charge in [0.25, 0.3) is 0 Å². The number of amides is 1. The Bertz CT molecular complexity index is 1190. The van der Waals surface area contributed by atoms with E-state index in [2.05, 4.69) is 5.32 Å². The van der Waals surface area contributed by atoms with Gasteiger partial charge in [-0.1, -0.05) is 12.1 Å². The van der Waals surface area contributed by atoms with Gasteiger partial charge in [-0.05, 0) is 55.0 Å². The number of ether oxygens (including phenoxy) is 2. The summed E-state index contributed by atoms with van der Waals surface area (Å²) in [5.74, 6) is 0.0326. The summed E-state index contributed by atoms with van der Waals surface area (Å²) in [5, 5.41) is 2.81. The standard InChI is InChI=1S/C24H27N3O5S/c1-2-32-22-10-7-20(18-23(22)33(29,30)27-13-15-31-16-14-27)25-24(28)17-19-5-8-21(9-6-19)26-11-3-4-12-26/h3-12,18H,2,13-17H2,1H3,(H,25,28). The van der Waals surface area contributed by atoms with Crippen molar-refractivity contribution in [2.24, 2.45) is 0 Å². The third-order valence-corrected chi connectivity index (χ3v) is 7.24. The van der Waals surface area contributed by atoms with Gasteiger partial charge < -0.3 is 19.4 Å². The smallest absolute Gasteiger partial charge is 0.246 e. The van der Waals surface area contributed by atoms with Crippen molar-refractivity contribution in [3.05, 3.63) is 72.6 Å². The molecule has 1 N–H and O–H groups in total. The molecular formula is C24H27N3O5S. The van der Waals surface area contributed by atoms with E-state index in [1.54, 1.807) is 19.1 Å². The topological polar surface area (TPSA) is 89.9 Å². The van der Waals surface area contributed by atoms with Gasteiger partial charge >= 0.3 is 0 Å². The van der Waals surface area contributed by atoms with Gasteiger partial charge in [0, 0.05) is 36.9 Å². The first-order chi connectivity index (χ1) is 16.0. The van der Waals surface area contributed by atoms with Crippen LogP contribution in [0.5, 0.6) is 5.75 Å². The summed E-state index contributed by atoms with van der Waals surface area (Å²) in [7, 11) is -3.78. The Labute approximate surface area is 193 Å². The van der Waals surface area contributed by atoms with Crippen LogP contribution in [0.15, 0.2) is 71.9 Å². The highest BCUT2D eigenvalue weighted by Gasteiger charge is 2.29. The van der Waals surface area contributed by atoms with E-state index < -0.39 is 10.0 Å². The van der Waals surface area contributed by atoms with Gasteiger partial charge in [0.2, 0.25) is 15.9 Å². The summed E-state index contributed by atoms with van der Waals surface area (Å²) < 4.78 is 40.6. The summed E-state index contributed by atoms with van der Waals surface area (Å²) in [5.41, 5.74) is 2.27. The number of carbonyl (C=O) groups excluding carboxylic acids is 1. The molecular weight excluding hydrogens is 442 g/mol. The SMILES string of the molecule is CCOc1ccc(NC(=O)Cc2ccc(-n3cccc3)cc2)cc1S(=O)(=O)N1CCOCC1. The maximum atomic E-state index is 13.2. The summed E-state index contributed by atoms with van der Waals surface area (Å²) in [6.45, 7) is 3.39. The molecule has 1 aromatic heterocycles. The number of morpholine rings is 1. The van der Waals surface area contributed by atoms with Crippen LogP contribution in [0.1, 0.15) is 12.5 Å². The first-order valence-corrected chi connectivity index (χ1v) is 12.3. The van der Waals surface area contributed by atoms with Crippen molar-refractivity contribution in [2.45, 2.75) is 18.2 Å². The summed E-state index contributed by atoms with van der Waals surface area (Å²) in [4.78, 5) is 12.7. The van der Waals surface area contributed by atoms with E-state index in [0.29, 0.717) is 25.5 Å². The van der Waals surface area contributed by atoms with Crippen molar-refractivity contribution in [3.8, 4) is 11.4 Å². The summed E-state index contributed by atoms with van der Waals surface area (Å²) in [6.07, 6.45) is 4.08. The largest absolute Gasteiger partial charge is 0.492 e. The number of anilines is 1. The molecule has 3 aromatic rings. The van der Waals surface area contributed by atoms with Crippen molar-refractivity contribution >= 4 is 21.6 Å². The Morgan fingerprint density at radius 2 is 1.76 bits per heavy atom.